The van der Waals surface area contributed by atoms with Crippen molar-refractivity contribution in [2.75, 3.05) is 14.2 Å². The number of methoxy groups -OCH3 is 2. The topological polar surface area (TPSA) is 76.2 Å². The smallest absolute Gasteiger partial charge is 0.255 e. The van der Waals surface area contributed by atoms with Crippen LogP contribution in [0.5, 0.6) is 11.5 Å². The molecule has 1 aromatic heterocycles. The van der Waals surface area contributed by atoms with Crippen molar-refractivity contribution in [1.82, 2.24) is 15.3 Å². The summed E-state index contributed by atoms with van der Waals surface area (Å²) in [5.41, 5.74) is 3.62. The number of aromatic amines is 1. The quantitative estimate of drug-likeness (QED) is 0.396. The Morgan fingerprint density at radius 2 is 1.74 bits per heavy atom. The molecule has 156 valence electrons. The monoisotopic (exact) mass is 477 g/mol. The van der Waals surface area contributed by atoms with Gasteiger partial charge >= 0.3 is 0 Å². The summed E-state index contributed by atoms with van der Waals surface area (Å²) in [4.78, 5) is 21.0. The minimum absolute atomic E-state index is 0.287. The fourth-order valence-electron chi connectivity index (χ4n) is 3.14. The Morgan fingerprint density at radius 3 is 2.45 bits per heavy atom. The van der Waals surface area contributed by atoms with E-state index in [-0.39, 0.29) is 5.91 Å². The maximum atomic E-state index is 13.1. The van der Waals surface area contributed by atoms with Gasteiger partial charge in [0.2, 0.25) is 0 Å². The zero-order valence-electron chi connectivity index (χ0n) is 17.0. The van der Waals surface area contributed by atoms with E-state index in [9.17, 15) is 4.79 Å². The van der Waals surface area contributed by atoms with Crippen molar-refractivity contribution >= 4 is 44.6 Å². The van der Waals surface area contributed by atoms with Gasteiger partial charge in [0, 0.05) is 10.0 Å². The van der Waals surface area contributed by atoms with E-state index in [1.807, 2.05) is 54.6 Å². The van der Waals surface area contributed by atoms with Crippen LogP contribution >= 0.6 is 15.9 Å². The highest BCUT2D eigenvalue weighted by molar-refractivity contribution is 9.10. The summed E-state index contributed by atoms with van der Waals surface area (Å²) in [5, 5.41) is 2.98. The van der Waals surface area contributed by atoms with Crippen LogP contribution in [0.3, 0.4) is 0 Å². The van der Waals surface area contributed by atoms with Crippen molar-refractivity contribution in [2.45, 2.75) is 0 Å². The molecule has 3 aromatic carbocycles. The van der Waals surface area contributed by atoms with Crippen LogP contribution in [0.1, 0.15) is 21.7 Å². The van der Waals surface area contributed by atoms with Gasteiger partial charge in [0.15, 0.2) is 17.3 Å². The molecule has 1 amide bonds. The van der Waals surface area contributed by atoms with Crippen LogP contribution in [0.2, 0.25) is 0 Å². The molecule has 0 aliphatic carbocycles. The number of imidazole rings is 1. The first kappa shape index (κ1) is 20.7. The molecule has 7 heteroatoms. The number of hydrogen-bond donors (Lipinski definition) is 2. The number of halogens is 1. The molecular formula is C24H20BrN3O3. The van der Waals surface area contributed by atoms with E-state index in [1.54, 1.807) is 25.3 Å². The Morgan fingerprint density at radius 1 is 1.00 bits per heavy atom. The van der Waals surface area contributed by atoms with Crippen LogP contribution in [0, 0.1) is 0 Å². The highest BCUT2D eigenvalue weighted by atomic mass is 79.9. The molecule has 0 bridgehead atoms. The van der Waals surface area contributed by atoms with Crippen molar-refractivity contribution in [3.8, 4) is 11.5 Å². The third-order valence-electron chi connectivity index (χ3n) is 4.72. The number of ether oxygens (including phenoxy) is 2. The Labute approximate surface area is 188 Å². The molecule has 0 atom stereocenters. The number of hydrogen-bond acceptors (Lipinski definition) is 4. The molecule has 0 aliphatic rings. The molecule has 1 heterocycles. The third-order valence-corrected chi connectivity index (χ3v) is 5.25. The highest BCUT2D eigenvalue weighted by Crippen LogP contribution is 2.28. The van der Waals surface area contributed by atoms with Crippen molar-refractivity contribution < 1.29 is 14.3 Å². The fraction of sp³-hybridized carbons (Fsp3) is 0.0833. The number of H-pyrrole nitrogens is 1. The second-order valence-corrected chi connectivity index (χ2v) is 7.65. The van der Waals surface area contributed by atoms with Crippen molar-refractivity contribution in [2.24, 2.45) is 0 Å². The number of carbonyl (C=O) groups is 1. The average Bonchev–Trinajstić information content (AvgIpc) is 3.23. The van der Waals surface area contributed by atoms with Gasteiger partial charge in [-0.25, -0.2) is 4.98 Å². The number of aromatic nitrogens is 2. The molecule has 4 rings (SSSR count). The van der Waals surface area contributed by atoms with E-state index < -0.39 is 0 Å². The molecule has 0 aliphatic heterocycles. The van der Waals surface area contributed by atoms with E-state index in [0.29, 0.717) is 28.6 Å². The van der Waals surface area contributed by atoms with Crippen LogP contribution in [0.25, 0.3) is 22.8 Å². The predicted molar refractivity (Wildman–Crippen MR) is 125 cm³/mol. The summed E-state index contributed by atoms with van der Waals surface area (Å²) in [6.07, 6.45) is 1.88. The van der Waals surface area contributed by atoms with E-state index in [2.05, 4.69) is 31.2 Å². The van der Waals surface area contributed by atoms with Crippen molar-refractivity contribution in [1.29, 1.82) is 0 Å². The number of nitrogens with one attached hydrogen (secondary N) is 2. The Bertz CT molecular complexity index is 1230. The summed E-state index contributed by atoms with van der Waals surface area (Å²) in [7, 11) is 3.09. The van der Waals surface area contributed by atoms with Crippen molar-refractivity contribution in [3.05, 3.63) is 88.2 Å². The van der Waals surface area contributed by atoms with Crippen LogP contribution in [0.4, 0.5) is 0 Å². The number of nitrogens with zero attached hydrogens (tertiary/aromatic N) is 1. The molecule has 0 fully saturated rings. The van der Waals surface area contributed by atoms with E-state index in [1.165, 1.54) is 7.11 Å². The average molecular weight is 478 g/mol. The number of carbonyl (C=O) groups excluding carboxylic acids is 1. The summed E-state index contributed by atoms with van der Waals surface area (Å²) in [6.45, 7) is 0. The number of amides is 1. The SMILES string of the molecule is COc1ccc(C(=O)NC(=Cc2ccc(Br)cc2)c2nc3ccccc3[nH]2)cc1OC. The minimum Gasteiger partial charge on any atom is -0.493 e. The van der Waals surface area contributed by atoms with Gasteiger partial charge in [0.25, 0.3) is 5.91 Å². The summed E-state index contributed by atoms with van der Waals surface area (Å²) >= 11 is 3.44. The Kier molecular flexibility index (Phi) is 6.04. The zero-order chi connectivity index (χ0) is 21.8. The van der Waals surface area contributed by atoms with E-state index in [0.717, 1.165) is 21.1 Å². The minimum atomic E-state index is -0.287. The van der Waals surface area contributed by atoms with Gasteiger partial charge in [-0.1, -0.05) is 40.2 Å². The van der Waals surface area contributed by atoms with Crippen LogP contribution in [0.15, 0.2) is 71.2 Å². The molecular weight excluding hydrogens is 458 g/mol. The summed E-state index contributed by atoms with van der Waals surface area (Å²) in [6, 6.07) is 20.5. The number of benzene rings is 3. The standard InChI is InChI=1S/C24H20BrN3O3/c1-30-21-12-9-16(14-22(21)31-2)24(29)28-20(13-15-7-10-17(25)11-8-15)23-26-18-5-3-4-6-19(18)27-23/h3-14H,1-2H3,(H,26,27)(H,28,29). The number of rotatable bonds is 6. The Balaban J connectivity index is 1.72. The van der Waals surface area contributed by atoms with Crippen LogP contribution < -0.4 is 14.8 Å². The van der Waals surface area contributed by atoms with Crippen LogP contribution in [-0.2, 0) is 0 Å². The normalized spacial score (nSPS) is 11.4. The maximum absolute atomic E-state index is 13.1. The lowest BCUT2D eigenvalue weighted by Gasteiger charge is -2.11. The highest BCUT2D eigenvalue weighted by Gasteiger charge is 2.15. The van der Waals surface area contributed by atoms with Gasteiger partial charge < -0.3 is 19.8 Å². The first-order valence-corrected chi connectivity index (χ1v) is 10.3. The first-order valence-electron chi connectivity index (χ1n) is 9.53. The fourth-order valence-corrected chi connectivity index (χ4v) is 3.41. The molecule has 2 N–H and O–H groups in total. The molecule has 0 saturated carbocycles. The maximum Gasteiger partial charge on any atom is 0.255 e. The molecule has 0 spiro atoms. The molecule has 6 nitrogen and oxygen atoms in total. The molecule has 0 saturated heterocycles. The second-order valence-electron chi connectivity index (χ2n) is 6.74. The van der Waals surface area contributed by atoms with Gasteiger partial charge in [0.1, 0.15) is 0 Å². The molecule has 4 aromatic rings. The van der Waals surface area contributed by atoms with Gasteiger partial charge in [-0.3, -0.25) is 4.79 Å². The zero-order valence-corrected chi connectivity index (χ0v) is 18.6. The lowest BCUT2D eigenvalue weighted by atomic mass is 10.1. The molecule has 0 unspecified atom stereocenters. The van der Waals surface area contributed by atoms with E-state index >= 15 is 0 Å². The third kappa shape index (κ3) is 4.62. The lowest BCUT2D eigenvalue weighted by Crippen LogP contribution is -2.22. The Hall–Kier alpha value is -3.58. The molecule has 31 heavy (non-hydrogen) atoms. The second kappa shape index (κ2) is 9.06. The predicted octanol–water partition coefficient (Wildman–Crippen LogP) is 5.27. The van der Waals surface area contributed by atoms with Gasteiger partial charge in [-0.2, -0.15) is 0 Å². The lowest BCUT2D eigenvalue weighted by molar-refractivity contribution is 0.0973. The first-order chi connectivity index (χ1) is 15.1. The number of fused-ring (bicyclic) bond motifs is 1. The van der Waals surface area contributed by atoms with Crippen LogP contribution in [-0.4, -0.2) is 30.1 Å². The summed E-state index contributed by atoms with van der Waals surface area (Å²) in [5.74, 6) is 1.32. The largest absolute Gasteiger partial charge is 0.493 e. The van der Waals surface area contributed by atoms with Crippen molar-refractivity contribution in [3.63, 3.8) is 0 Å². The van der Waals surface area contributed by atoms with Gasteiger partial charge in [-0.15, -0.1) is 0 Å². The van der Waals surface area contributed by atoms with Gasteiger partial charge in [-0.05, 0) is 54.1 Å². The molecule has 0 radical (unpaired) electrons. The van der Waals surface area contributed by atoms with Gasteiger partial charge in [0.05, 0.1) is 31.0 Å². The summed E-state index contributed by atoms with van der Waals surface area (Å²) < 4.78 is 11.6. The van der Waals surface area contributed by atoms with E-state index in [4.69, 9.17) is 9.47 Å². The number of para-hydroxylation sites is 2.